The molecule has 1 N–H and O–H groups in total. The van der Waals surface area contributed by atoms with Crippen molar-refractivity contribution in [3.8, 4) is 0 Å². The van der Waals surface area contributed by atoms with Gasteiger partial charge in [-0.15, -0.1) is 0 Å². The molecular weight excluding hydrogens is 395 g/mol. The summed E-state index contributed by atoms with van der Waals surface area (Å²) >= 11 is 9.78. The van der Waals surface area contributed by atoms with Gasteiger partial charge in [0.2, 0.25) is 5.95 Å². The van der Waals surface area contributed by atoms with E-state index in [-0.39, 0.29) is 17.9 Å². The molecule has 1 aliphatic heterocycles. The third-order valence-electron chi connectivity index (χ3n) is 4.21. The number of benzene rings is 2. The number of fused-ring (bicyclic) bond motifs is 1. The van der Waals surface area contributed by atoms with E-state index in [1.54, 1.807) is 16.8 Å². The minimum atomic E-state index is -0.330. The maximum atomic E-state index is 14.5. The highest BCUT2D eigenvalue weighted by Crippen LogP contribution is 2.40. The summed E-state index contributed by atoms with van der Waals surface area (Å²) < 4.78 is 17.1. The van der Waals surface area contributed by atoms with Crippen LogP contribution in [-0.4, -0.2) is 14.8 Å². The van der Waals surface area contributed by atoms with Crippen LogP contribution in [0.15, 0.2) is 53.3 Å². The van der Waals surface area contributed by atoms with E-state index in [1.807, 2.05) is 24.3 Å². The van der Waals surface area contributed by atoms with Crippen molar-refractivity contribution < 1.29 is 4.39 Å². The smallest absolute Gasteiger partial charge is 0.222 e. The second kappa shape index (κ2) is 6.18. The van der Waals surface area contributed by atoms with Crippen molar-refractivity contribution in [1.82, 2.24) is 14.8 Å². The Morgan fingerprint density at radius 1 is 1.25 bits per heavy atom. The fourth-order valence-corrected chi connectivity index (χ4v) is 3.84. The highest BCUT2D eigenvalue weighted by molar-refractivity contribution is 9.10. The predicted molar refractivity (Wildman–Crippen MR) is 94.7 cm³/mol. The molecule has 2 aromatic carbocycles. The predicted octanol–water partition coefficient (Wildman–Crippen LogP) is 4.98. The molecule has 0 bridgehead atoms. The van der Waals surface area contributed by atoms with Gasteiger partial charge >= 0.3 is 0 Å². The van der Waals surface area contributed by atoms with Crippen LogP contribution < -0.4 is 5.32 Å². The van der Waals surface area contributed by atoms with Crippen LogP contribution in [0.1, 0.15) is 29.6 Å². The van der Waals surface area contributed by atoms with Gasteiger partial charge in [-0.05, 0) is 36.2 Å². The summed E-state index contributed by atoms with van der Waals surface area (Å²) in [6.45, 7) is 0. The molecule has 4 rings (SSSR count). The lowest BCUT2D eigenvalue weighted by molar-refractivity contribution is 0.416. The Morgan fingerprint density at radius 2 is 2.08 bits per heavy atom. The van der Waals surface area contributed by atoms with Crippen LogP contribution in [-0.2, 0) is 0 Å². The lowest BCUT2D eigenvalue weighted by atomic mass is 9.93. The average Bonchev–Trinajstić information content (AvgIpc) is 3.03. The normalized spacial score (nSPS) is 19.6. The van der Waals surface area contributed by atoms with E-state index in [0.717, 1.165) is 10.0 Å². The fraction of sp³-hybridized carbons (Fsp3) is 0.176. The van der Waals surface area contributed by atoms with Crippen molar-refractivity contribution >= 4 is 33.5 Å². The van der Waals surface area contributed by atoms with E-state index in [1.165, 1.54) is 12.4 Å². The largest absolute Gasteiger partial charge is 0.348 e. The summed E-state index contributed by atoms with van der Waals surface area (Å²) in [5, 5.41) is 8.01. The molecule has 3 aromatic rings. The van der Waals surface area contributed by atoms with E-state index in [4.69, 9.17) is 11.6 Å². The van der Waals surface area contributed by atoms with E-state index in [0.29, 0.717) is 23.0 Å². The maximum absolute atomic E-state index is 14.5. The Balaban J connectivity index is 1.80. The quantitative estimate of drug-likeness (QED) is 0.651. The van der Waals surface area contributed by atoms with Crippen LogP contribution in [0.2, 0.25) is 5.02 Å². The van der Waals surface area contributed by atoms with Gasteiger partial charge in [0.1, 0.15) is 12.1 Å². The van der Waals surface area contributed by atoms with Crippen molar-refractivity contribution in [2.45, 2.75) is 18.5 Å². The second-order valence-electron chi connectivity index (χ2n) is 5.67. The molecule has 7 heteroatoms. The fourth-order valence-electron chi connectivity index (χ4n) is 3.13. The Hall–Kier alpha value is -1.92. The molecule has 122 valence electrons. The molecule has 0 radical (unpaired) electrons. The first-order chi connectivity index (χ1) is 11.6. The van der Waals surface area contributed by atoms with Crippen LogP contribution in [0.5, 0.6) is 0 Å². The zero-order valence-electron chi connectivity index (χ0n) is 12.5. The summed E-state index contributed by atoms with van der Waals surface area (Å²) in [6.07, 6.45) is 2.08. The third kappa shape index (κ3) is 2.70. The number of rotatable bonds is 2. The number of anilines is 1. The minimum Gasteiger partial charge on any atom is -0.348 e. The van der Waals surface area contributed by atoms with Gasteiger partial charge in [0, 0.05) is 15.1 Å². The van der Waals surface area contributed by atoms with Gasteiger partial charge < -0.3 is 5.32 Å². The molecule has 24 heavy (non-hydrogen) atoms. The summed E-state index contributed by atoms with van der Waals surface area (Å²) in [6, 6.07) is 12.4. The number of halogens is 3. The molecule has 2 atom stereocenters. The van der Waals surface area contributed by atoms with E-state index >= 15 is 0 Å². The Morgan fingerprint density at radius 3 is 2.88 bits per heavy atom. The lowest BCUT2D eigenvalue weighted by Gasteiger charge is -2.32. The number of hydrogen-bond donors (Lipinski definition) is 1. The van der Waals surface area contributed by atoms with E-state index in [9.17, 15) is 4.39 Å². The van der Waals surface area contributed by atoms with Crippen molar-refractivity contribution in [2.24, 2.45) is 0 Å². The molecule has 2 heterocycles. The van der Waals surface area contributed by atoms with Gasteiger partial charge in [0.15, 0.2) is 0 Å². The van der Waals surface area contributed by atoms with Crippen LogP contribution in [0, 0.1) is 5.82 Å². The molecule has 4 nitrogen and oxygen atoms in total. The van der Waals surface area contributed by atoms with Crippen LogP contribution >= 0.6 is 27.5 Å². The number of nitrogens with one attached hydrogen (secondary N) is 1. The summed E-state index contributed by atoms with van der Waals surface area (Å²) in [5.74, 6) is 0.277. The molecule has 0 saturated heterocycles. The second-order valence-corrected chi connectivity index (χ2v) is 6.99. The minimum absolute atomic E-state index is 0.0140. The van der Waals surface area contributed by atoms with Crippen molar-refractivity contribution in [2.75, 3.05) is 5.32 Å². The lowest BCUT2D eigenvalue weighted by Crippen LogP contribution is -2.28. The van der Waals surface area contributed by atoms with Crippen LogP contribution in [0.4, 0.5) is 10.3 Å². The molecule has 1 aromatic heterocycles. The van der Waals surface area contributed by atoms with E-state index in [2.05, 4.69) is 31.3 Å². The molecule has 0 amide bonds. The van der Waals surface area contributed by atoms with Gasteiger partial charge in [-0.1, -0.05) is 45.7 Å². The van der Waals surface area contributed by atoms with Crippen LogP contribution in [0.25, 0.3) is 0 Å². The monoisotopic (exact) mass is 406 g/mol. The van der Waals surface area contributed by atoms with Gasteiger partial charge in [-0.2, -0.15) is 10.1 Å². The van der Waals surface area contributed by atoms with Crippen molar-refractivity contribution in [3.63, 3.8) is 0 Å². The summed E-state index contributed by atoms with van der Waals surface area (Å²) in [5.41, 5.74) is 1.54. The van der Waals surface area contributed by atoms with Gasteiger partial charge in [-0.25, -0.2) is 9.07 Å². The topological polar surface area (TPSA) is 42.7 Å². The maximum Gasteiger partial charge on any atom is 0.222 e. The first kappa shape index (κ1) is 15.6. The number of aromatic nitrogens is 3. The zero-order valence-corrected chi connectivity index (χ0v) is 14.8. The highest BCUT2D eigenvalue weighted by Gasteiger charge is 2.32. The Bertz CT molecular complexity index is 878. The third-order valence-corrected chi connectivity index (χ3v) is 5.04. The Kier molecular flexibility index (Phi) is 4.02. The first-order valence-corrected chi connectivity index (χ1v) is 8.66. The average molecular weight is 408 g/mol. The molecule has 0 saturated carbocycles. The van der Waals surface area contributed by atoms with Gasteiger partial charge in [0.25, 0.3) is 0 Å². The number of hydrogen-bond acceptors (Lipinski definition) is 3. The summed E-state index contributed by atoms with van der Waals surface area (Å²) in [7, 11) is 0. The number of nitrogens with zero attached hydrogens (tertiary/aromatic N) is 3. The van der Waals surface area contributed by atoms with Crippen LogP contribution in [0.3, 0.4) is 0 Å². The molecule has 0 spiro atoms. The van der Waals surface area contributed by atoms with Gasteiger partial charge in [-0.3, -0.25) is 0 Å². The molecular formula is C17H13BrClFN4. The summed E-state index contributed by atoms with van der Waals surface area (Å²) in [4.78, 5) is 4.25. The zero-order chi connectivity index (χ0) is 16.7. The van der Waals surface area contributed by atoms with E-state index < -0.39 is 0 Å². The van der Waals surface area contributed by atoms with Crippen molar-refractivity contribution in [3.05, 3.63) is 75.2 Å². The molecule has 0 aliphatic carbocycles. The molecule has 0 unspecified atom stereocenters. The standard InChI is InChI=1S/C17H13BrClFN4/c18-11-4-1-3-10(7-11)14-8-15(24-17(23-14)21-9-22-24)16-12(19)5-2-6-13(16)20/h1-7,9,14-15H,8H2,(H,21,22,23)/t14-,15-/m0/s1. The van der Waals surface area contributed by atoms with Crippen molar-refractivity contribution in [1.29, 1.82) is 0 Å². The highest BCUT2D eigenvalue weighted by atomic mass is 79.9. The Labute approximate surface area is 151 Å². The molecule has 1 aliphatic rings. The first-order valence-electron chi connectivity index (χ1n) is 7.49. The van der Waals surface area contributed by atoms with Gasteiger partial charge in [0.05, 0.1) is 12.1 Å². The SMILES string of the molecule is Fc1cccc(Cl)c1[C@@H]1C[C@@H](c2cccc(Br)c2)Nc2ncnn21. The molecule has 0 fully saturated rings.